The molecule has 0 spiro atoms. The van der Waals surface area contributed by atoms with Gasteiger partial charge in [-0.25, -0.2) is 4.79 Å². The lowest BCUT2D eigenvalue weighted by Crippen LogP contribution is -2.45. The number of carbonyl (C=O) groups excluding carboxylic acids is 2. The molecule has 3 rings (SSSR count). The van der Waals surface area contributed by atoms with E-state index in [1.165, 1.54) is 0 Å². The van der Waals surface area contributed by atoms with E-state index in [1.54, 1.807) is 0 Å². The van der Waals surface area contributed by atoms with Crippen LogP contribution in [0.2, 0.25) is 0 Å². The van der Waals surface area contributed by atoms with Crippen LogP contribution >= 0.6 is 0 Å². The molecule has 0 atom stereocenters. The van der Waals surface area contributed by atoms with Crippen molar-refractivity contribution in [3.05, 3.63) is 70.8 Å². The highest BCUT2D eigenvalue weighted by molar-refractivity contribution is 6.09. The Morgan fingerprint density at radius 1 is 0.741 bits per heavy atom. The Morgan fingerprint density at radius 2 is 1.19 bits per heavy atom. The van der Waals surface area contributed by atoms with Crippen molar-refractivity contribution in [2.45, 2.75) is 17.9 Å². The fraction of sp³-hybridized carbons (Fsp3) is 0.176. The van der Waals surface area contributed by atoms with Gasteiger partial charge in [0.15, 0.2) is 5.54 Å². The number of hydrogen-bond acceptors (Lipinski definition) is 2. The highest BCUT2D eigenvalue weighted by Gasteiger charge is 2.50. The largest absolute Gasteiger partial charge is 0.416 e. The van der Waals surface area contributed by atoms with Gasteiger partial charge in [-0.3, -0.25) is 10.1 Å². The molecule has 2 aromatic carbocycles. The first-order valence-electron chi connectivity index (χ1n) is 7.43. The first-order valence-corrected chi connectivity index (χ1v) is 7.43. The minimum Gasteiger partial charge on any atom is -0.316 e. The SMILES string of the molecule is O=C1NC(=O)C(c2cccc(C(F)(F)F)c2)(c2cccc(C(F)(F)F)c2)N1. The zero-order chi connectivity index (χ0) is 20.0. The third-order valence-corrected chi connectivity index (χ3v) is 4.11. The van der Waals surface area contributed by atoms with Crippen LogP contribution in [-0.4, -0.2) is 11.9 Å². The lowest BCUT2D eigenvalue weighted by atomic mass is 9.81. The standard InChI is InChI=1S/C17H10F6N2O2/c18-16(19,20)11-5-1-3-9(7-11)15(13(26)24-14(27)25-15)10-4-2-6-12(8-10)17(21,22)23/h1-8H,(H2,24,25,26,27). The minimum atomic E-state index is -4.75. The summed E-state index contributed by atoms with van der Waals surface area (Å²) in [6, 6.07) is 5.96. The molecule has 0 radical (unpaired) electrons. The summed E-state index contributed by atoms with van der Waals surface area (Å²) in [5, 5.41) is 4.04. The summed E-state index contributed by atoms with van der Waals surface area (Å²) in [6.07, 6.45) is -9.49. The molecule has 142 valence electrons. The van der Waals surface area contributed by atoms with Gasteiger partial charge in [0.1, 0.15) is 0 Å². The predicted molar refractivity (Wildman–Crippen MR) is 80.3 cm³/mol. The molecule has 0 aromatic heterocycles. The van der Waals surface area contributed by atoms with Gasteiger partial charge in [0.05, 0.1) is 11.1 Å². The Balaban J connectivity index is 2.25. The molecule has 4 nitrogen and oxygen atoms in total. The van der Waals surface area contributed by atoms with Gasteiger partial charge in [-0.05, 0) is 35.4 Å². The maximum absolute atomic E-state index is 13.0. The molecule has 0 unspecified atom stereocenters. The normalized spacial score (nSPS) is 16.8. The molecule has 2 aromatic rings. The fourth-order valence-corrected chi connectivity index (χ4v) is 2.89. The Hall–Kier alpha value is -3.04. The number of carbonyl (C=O) groups is 2. The van der Waals surface area contributed by atoms with Crippen molar-refractivity contribution in [3.63, 3.8) is 0 Å². The van der Waals surface area contributed by atoms with Gasteiger partial charge in [-0.1, -0.05) is 24.3 Å². The fourth-order valence-electron chi connectivity index (χ4n) is 2.89. The summed E-state index contributed by atoms with van der Waals surface area (Å²) >= 11 is 0. The van der Waals surface area contributed by atoms with E-state index in [1.807, 2.05) is 5.32 Å². The lowest BCUT2D eigenvalue weighted by Gasteiger charge is -2.28. The summed E-state index contributed by atoms with van der Waals surface area (Å²) in [5.74, 6) is -1.08. The van der Waals surface area contributed by atoms with E-state index in [2.05, 4.69) is 5.32 Å². The number of benzene rings is 2. The number of nitrogens with one attached hydrogen (secondary N) is 2. The van der Waals surface area contributed by atoms with E-state index in [0.29, 0.717) is 12.1 Å². The van der Waals surface area contributed by atoms with Gasteiger partial charge in [0.2, 0.25) is 0 Å². The number of urea groups is 1. The minimum absolute atomic E-state index is 0.319. The second-order valence-corrected chi connectivity index (χ2v) is 5.82. The molecular formula is C17H10F6N2O2. The van der Waals surface area contributed by atoms with Gasteiger partial charge in [-0.2, -0.15) is 26.3 Å². The van der Waals surface area contributed by atoms with E-state index in [-0.39, 0.29) is 11.1 Å². The van der Waals surface area contributed by atoms with Crippen molar-refractivity contribution in [3.8, 4) is 0 Å². The van der Waals surface area contributed by atoms with Crippen LogP contribution in [0, 0.1) is 0 Å². The summed E-state index contributed by atoms with van der Waals surface area (Å²) in [4.78, 5) is 24.2. The quantitative estimate of drug-likeness (QED) is 0.607. The number of rotatable bonds is 2. The molecule has 0 bridgehead atoms. The average molecular weight is 388 g/mol. The highest BCUT2D eigenvalue weighted by Crippen LogP contribution is 2.39. The smallest absolute Gasteiger partial charge is 0.316 e. The van der Waals surface area contributed by atoms with Crippen LogP contribution in [0.3, 0.4) is 0 Å². The molecule has 1 fully saturated rings. The Kier molecular flexibility index (Phi) is 4.16. The first kappa shape index (κ1) is 18.7. The van der Waals surface area contributed by atoms with Gasteiger partial charge in [0.25, 0.3) is 5.91 Å². The highest BCUT2D eigenvalue weighted by atomic mass is 19.4. The number of imide groups is 1. The summed E-state index contributed by atoms with van der Waals surface area (Å²) in [5.41, 5.74) is -5.08. The predicted octanol–water partition coefficient (Wildman–Crippen LogP) is 3.81. The van der Waals surface area contributed by atoms with Crippen LogP contribution in [0.4, 0.5) is 31.1 Å². The van der Waals surface area contributed by atoms with E-state index >= 15 is 0 Å². The van der Waals surface area contributed by atoms with Gasteiger partial charge in [-0.15, -0.1) is 0 Å². The van der Waals surface area contributed by atoms with Crippen LogP contribution in [0.25, 0.3) is 0 Å². The monoisotopic (exact) mass is 388 g/mol. The zero-order valence-corrected chi connectivity index (χ0v) is 13.2. The third-order valence-electron chi connectivity index (χ3n) is 4.11. The molecule has 27 heavy (non-hydrogen) atoms. The lowest BCUT2D eigenvalue weighted by molar-refractivity contribution is -0.138. The topological polar surface area (TPSA) is 58.2 Å². The summed E-state index contributed by atoms with van der Waals surface area (Å²) in [7, 11) is 0. The van der Waals surface area contributed by atoms with Crippen LogP contribution < -0.4 is 10.6 Å². The van der Waals surface area contributed by atoms with Crippen LogP contribution in [-0.2, 0) is 22.7 Å². The molecular weight excluding hydrogens is 378 g/mol. The second-order valence-electron chi connectivity index (χ2n) is 5.82. The third kappa shape index (κ3) is 3.22. The Labute approximate surface area is 148 Å². The summed E-state index contributed by atoms with van der Waals surface area (Å²) < 4.78 is 78.2. The van der Waals surface area contributed by atoms with Crippen molar-refractivity contribution in [1.29, 1.82) is 0 Å². The van der Waals surface area contributed by atoms with Crippen molar-refractivity contribution < 1.29 is 35.9 Å². The molecule has 3 amide bonds. The Morgan fingerprint density at radius 3 is 1.52 bits per heavy atom. The number of alkyl halides is 6. The van der Waals surface area contributed by atoms with Crippen LogP contribution in [0.15, 0.2) is 48.5 Å². The van der Waals surface area contributed by atoms with Gasteiger partial charge >= 0.3 is 18.4 Å². The molecule has 0 saturated carbocycles. The molecule has 1 aliphatic rings. The molecule has 2 N–H and O–H groups in total. The molecule has 0 aliphatic carbocycles. The maximum atomic E-state index is 13.0. The van der Waals surface area contributed by atoms with Crippen molar-refractivity contribution >= 4 is 11.9 Å². The van der Waals surface area contributed by atoms with Gasteiger partial charge in [0, 0.05) is 0 Å². The zero-order valence-electron chi connectivity index (χ0n) is 13.2. The maximum Gasteiger partial charge on any atom is 0.416 e. The van der Waals surface area contributed by atoms with Crippen molar-refractivity contribution in [1.82, 2.24) is 10.6 Å². The Bertz CT molecular complexity index is 863. The van der Waals surface area contributed by atoms with E-state index < -0.39 is 41.0 Å². The van der Waals surface area contributed by atoms with Gasteiger partial charge < -0.3 is 5.32 Å². The first-order chi connectivity index (χ1) is 12.4. The van der Waals surface area contributed by atoms with E-state index in [4.69, 9.17) is 0 Å². The number of amides is 3. The molecule has 1 heterocycles. The van der Waals surface area contributed by atoms with E-state index in [0.717, 1.165) is 36.4 Å². The average Bonchev–Trinajstić information content (AvgIpc) is 2.89. The molecule has 1 aliphatic heterocycles. The van der Waals surface area contributed by atoms with E-state index in [9.17, 15) is 35.9 Å². The van der Waals surface area contributed by atoms with Crippen LogP contribution in [0.5, 0.6) is 0 Å². The number of halogens is 6. The van der Waals surface area contributed by atoms with Crippen molar-refractivity contribution in [2.75, 3.05) is 0 Å². The molecule has 10 heteroatoms. The molecule has 1 saturated heterocycles. The van der Waals surface area contributed by atoms with Crippen LogP contribution in [0.1, 0.15) is 22.3 Å². The summed E-state index contributed by atoms with van der Waals surface area (Å²) in [6.45, 7) is 0. The second kappa shape index (κ2) is 6.00. The van der Waals surface area contributed by atoms with Crippen molar-refractivity contribution in [2.24, 2.45) is 0 Å². The number of hydrogen-bond donors (Lipinski definition) is 2.